The summed E-state index contributed by atoms with van der Waals surface area (Å²) in [5.41, 5.74) is 2.73. The van der Waals surface area contributed by atoms with E-state index in [0.717, 1.165) is 53.7 Å². The van der Waals surface area contributed by atoms with Gasteiger partial charge < -0.3 is 9.72 Å². The van der Waals surface area contributed by atoms with Gasteiger partial charge in [0.25, 0.3) is 5.56 Å². The molecule has 1 aliphatic carbocycles. The van der Waals surface area contributed by atoms with Gasteiger partial charge in [0.1, 0.15) is 0 Å². The molecule has 4 heterocycles. The molecule has 0 aromatic carbocycles. The summed E-state index contributed by atoms with van der Waals surface area (Å²) < 4.78 is 5.94. The maximum absolute atomic E-state index is 12.7. The van der Waals surface area contributed by atoms with Crippen LogP contribution in [0.2, 0.25) is 0 Å². The zero-order chi connectivity index (χ0) is 18.9. The lowest BCUT2D eigenvalue weighted by Gasteiger charge is -2.28. The molecule has 0 atom stereocenters. The van der Waals surface area contributed by atoms with Crippen LogP contribution in [-0.4, -0.2) is 33.0 Å². The van der Waals surface area contributed by atoms with Crippen molar-refractivity contribution in [3.05, 3.63) is 63.0 Å². The summed E-state index contributed by atoms with van der Waals surface area (Å²) in [6.45, 7) is 2.94. The van der Waals surface area contributed by atoms with Gasteiger partial charge in [0.15, 0.2) is 5.82 Å². The van der Waals surface area contributed by atoms with Gasteiger partial charge in [-0.3, -0.25) is 9.69 Å². The van der Waals surface area contributed by atoms with Crippen molar-refractivity contribution in [1.82, 2.24) is 19.9 Å². The largest absolute Gasteiger partial charge is 0.477 e. The average molecular weight is 395 g/mol. The number of nitrogens with zero attached hydrogens (tertiary/aromatic N) is 3. The number of aromatic nitrogens is 3. The van der Waals surface area contributed by atoms with Crippen molar-refractivity contribution in [3.8, 4) is 16.6 Å². The first-order valence-electron chi connectivity index (χ1n) is 9.71. The Bertz CT molecular complexity index is 1030. The Balaban J connectivity index is 1.33. The number of hydrogen-bond donors (Lipinski definition) is 1. The number of rotatable bonds is 6. The van der Waals surface area contributed by atoms with Gasteiger partial charge >= 0.3 is 0 Å². The lowest BCUT2D eigenvalue weighted by atomic mass is 10.1. The van der Waals surface area contributed by atoms with Gasteiger partial charge in [-0.05, 0) is 36.3 Å². The number of H-pyrrole nitrogens is 1. The lowest BCUT2D eigenvalue weighted by Crippen LogP contribution is -2.35. The molecular weight excluding hydrogens is 372 g/mol. The van der Waals surface area contributed by atoms with Gasteiger partial charge in [0.2, 0.25) is 5.88 Å². The van der Waals surface area contributed by atoms with E-state index in [1.165, 1.54) is 12.8 Å². The fourth-order valence-corrected chi connectivity index (χ4v) is 4.21. The van der Waals surface area contributed by atoms with Crippen molar-refractivity contribution in [3.63, 3.8) is 0 Å². The van der Waals surface area contributed by atoms with Gasteiger partial charge in [-0.1, -0.05) is 12.1 Å². The average Bonchev–Trinajstić information content (AvgIpc) is 3.38. The van der Waals surface area contributed by atoms with Crippen molar-refractivity contribution < 1.29 is 4.74 Å². The Morgan fingerprint density at radius 1 is 1.29 bits per heavy atom. The minimum atomic E-state index is -0.0329. The summed E-state index contributed by atoms with van der Waals surface area (Å²) in [4.78, 5) is 28.0. The summed E-state index contributed by atoms with van der Waals surface area (Å²) in [5, 5.41) is 1.99. The second-order valence-corrected chi connectivity index (χ2v) is 8.45. The van der Waals surface area contributed by atoms with Crippen LogP contribution in [0, 0.1) is 5.92 Å². The molecule has 0 spiro atoms. The van der Waals surface area contributed by atoms with Crippen molar-refractivity contribution in [1.29, 1.82) is 0 Å². The zero-order valence-electron chi connectivity index (χ0n) is 15.6. The molecule has 1 aliphatic heterocycles. The number of pyridine rings is 1. The number of hydrogen-bond acceptors (Lipinski definition) is 6. The van der Waals surface area contributed by atoms with Crippen molar-refractivity contribution >= 4 is 11.3 Å². The third-order valence-electron chi connectivity index (χ3n) is 5.30. The molecule has 7 heteroatoms. The highest BCUT2D eigenvalue weighted by molar-refractivity contribution is 7.13. The van der Waals surface area contributed by atoms with Gasteiger partial charge in [-0.15, -0.1) is 11.3 Å². The van der Waals surface area contributed by atoms with E-state index in [4.69, 9.17) is 9.72 Å². The lowest BCUT2D eigenvalue weighted by molar-refractivity contribution is 0.230. The number of aromatic amines is 1. The number of thiophene rings is 1. The first-order chi connectivity index (χ1) is 13.8. The van der Waals surface area contributed by atoms with Crippen molar-refractivity contribution in [2.75, 3.05) is 13.2 Å². The smallest absolute Gasteiger partial charge is 0.255 e. The Morgan fingerprint density at radius 2 is 2.21 bits per heavy atom. The predicted molar refractivity (Wildman–Crippen MR) is 108 cm³/mol. The van der Waals surface area contributed by atoms with Crippen LogP contribution < -0.4 is 10.3 Å². The second-order valence-electron chi connectivity index (χ2n) is 7.50. The predicted octanol–water partition coefficient (Wildman–Crippen LogP) is 3.24. The summed E-state index contributed by atoms with van der Waals surface area (Å²) in [6.07, 6.45) is 5.07. The van der Waals surface area contributed by atoms with E-state index in [1.54, 1.807) is 17.5 Å². The third-order valence-corrected chi connectivity index (χ3v) is 6.18. The van der Waals surface area contributed by atoms with E-state index in [2.05, 4.69) is 20.9 Å². The van der Waals surface area contributed by atoms with Crippen LogP contribution in [0.1, 0.15) is 29.7 Å². The third kappa shape index (κ3) is 3.72. The van der Waals surface area contributed by atoms with E-state index < -0.39 is 0 Å². The monoisotopic (exact) mass is 394 g/mol. The first-order valence-corrected chi connectivity index (χ1v) is 10.6. The van der Waals surface area contributed by atoms with Gasteiger partial charge in [-0.2, -0.15) is 0 Å². The molecule has 0 unspecified atom stereocenters. The summed E-state index contributed by atoms with van der Waals surface area (Å²) in [7, 11) is 0. The molecule has 6 nitrogen and oxygen atoms in total. The Hall–Kier alpha value is -2.51. The minimum absolute atomic E-state index is 0.0329. The molecule has 1 N–H and O–H groups in total. The van der Waals surface area contributed by atoms with Gasteiger partial charge in [0, 0.05) is 37.8 Å². The standard InChI is InChI=1S/C21H22N4O2S/c26-20-16-12-25(9-7-17(16)23-19(24-20)18-4-2-10-28-18)11-15-3-1-8-22-21(15)27-13-14-5-6-14/h1-4,8,10,14H,5-7,9,11-13H2,(H,23,24,26). The van der Waals surface area contributed by atoms with Crippen LogP contribution >= 0.6 is 11.3 Å². The van der Waals surface area contributed by atoms with E-state index in [-0.39, 0.29) is 5.56 Å². The minimum Gasteiger partial charge on any atom is -0.477 e. The Kier molecular flexibility index (Phi) is 4.70. The molecule has 3 aromatic heterocycles. The second kappa shape index (κ2) is 7.48. The molecule has 0 radical (unpaired) electrons. The zero-order valence-corrected chi connectivity index (χ0v) is 16.4. The summed E-state index contributed by atoms with van der Waals surface area (Å²) in [6, 6.07) is 7.96. The molecule has 28 heavy (non-hydrogen) atoms. The molecule has 0 amide bonds. The fourth-order valence-electron chi connectivity index (χ4n) is 3.54. The quantitative estimate of drug-likeness (QED) is 0.695. The Morgan fingerprint density at radius 3 is 3.04 bits per heavy atom. The summed E-state index contributed by atoms with van der Waals surface area (Å²) in [5.74, 6) is 2.09. The molecule has 3 aromatic rings. The van der Waals surface area contributed by atoms with Crippen molar-refractivity contribution in [2.24, 2.45) is 5.92 Å². The molecule has 5 rings (SSSR count). The van der Waals surface area contributed by atoms with Crippen LogP contribution in [0.3, 0.4) is 0 Å². The normalized spacial score (nSPS) is 16.7. The molecule has 1 saturated carbocycles. The number of fused-ring (bicyclic) bond motifs is 1. The molecule has 0 saturated heterocycles. The van der Waals surface area contributed by atoms with E-state index in [1.807, 2.05) is 23.6 Å². The molecule has 1 fully saturated rings. The van der Waals surface area contributed by atoms with Crippen LogP contribution in [-0.2, 0) is 19.5 Å². The highest BCUT2D eigenvalue weighted by Gasteiger charge is 2.24. The van der Waals surface area contributed by atoms with Crippen LogP contribution in [0.15, 0.2) is 40.6 Å². The Labute approximate surface area is 167 Å². The number of nitrogens with one attached hydrogen (secondary N) is 1. The molecular formula is C21H22N4O2S. The van der Waals surface area contributed by atoms with E-state index in [9.17, 15) is 4.79 Å². The summed E-state index contributed by atoms with van der Waals surface area (Å²) >= 11 is 1.59. The van der Waals surface area contributed by atoms with E-state index >= 15 is 0 Å². The van der Waals surface area contributed by atoms with Crippen LogP contribution in [0.4, 0.5) is 0 Å². The fraction of sp³-hybridized carbons (Fsp3) is 0.381. The highest BCUT2D eigenvalue weighted by atomic mass is 32.1. The van der Waals surface area contributed by atoms with Crippen molar-refractivity contribution in [2.45, 2.75) is 32.4 Å². The molecule has 2 aliphatic rings. The SMILES string of the molecule is O=c1[nH]c(-c2cccs2)nc2c1CN(Cc1cccnc1OCC1CC1)CC2. The van der Waals surface area contributed by atoms with E-state index in [0.29, 0.717) is 18.3 Å². The van der Waals surface area contributed by atoms with Gasteiger partial charge in [0.05, 0.1) is 22.7 Å². The van der Waals surface area contributed by atoms with Gasteiger partial charge in [-0.25, -0.2) is 9.97 Å². The molecule has 0 bridgehead atoms. The maximum atomic E-state index is 12.7. The maximum Gasteiger partial charge on any atom is 0.255 e. The van der Waals surface area contributed by atoms with Crippen LogP contribution in [0.5, 0.6) is 5.88 Å². The highest BCUT2D eigenvalue weighted by Crippen LogP contribution is 2.30. The first kappa shape index (κ1) is 17.6. The molecule has 144 valence electrons. The number of ether oxygens (including phenoxy) is 1. The van der Waals surface area contributed by atoms with Crippen LogP contribution in [0.25, 0.3) is 10.7 Å². The topological polar surface area (TPSA) is 71.1 Å².